The predicted molar refractivity (Wildman–Crippen MR) is 39.3 cm³/mol. The maximum atomic E-state index is 2.32. The number of rotatable bonds is 2. The van der Waals surface area contributed by atoms with Crippen LogP contribution in [-0.2, 0) is 19.0 Å². The van der Waals surface area contributed by atoms with E-state index in [0.717, 1.165) is 4.89 Å². The number of halogens is 3. The first-order valence-electron chi connectivity index (χ1n) is 3.41. The molecule has 67 valence electrons. The molecule has 0 aromatic heterocycles. The van der Waals surface area contributed by atoms with Crippen molar-refractivity contribution in [1.82, 2.24) is 0 Å². The van der Waals surface area contributed by atoms with Gasteiger partial charge in [0.25, 0.3) is 0 Å². The molecule has 0 amide bonds. The fraction of sp³-hybridized carbons (Fsp3) is 0.429. The van der Waals surface area contributed by atoms with Gasteiger partial charge < -0.3 is 37.2 Å². The molecule has 0 aromatic carbocycles. The summed E-state index contributed by atoms with van der Waals surface area (Å²) in [7, 11) is 0. The standard InChI is InChI=1S/C5H5.C2H6B.3ClH.Ti/c1-2-4-5-3-1;1-3-2;;;;/h1-3H,4H2;1-2H3;3*1H;/q;+1;;;;+2/p-3. The van der Waals surface area contributed by atoms with Crippen LogP contribution < -0.4 is 37.2 Å². The average Bonchev–Trinajstić information content (AvgIpc) is 2.15. The molecule has 0 unspecified atom stereocenters. The van der Waals surface area contributed by atoms with Crippen LogP contribution in [0.4, 0.5) is 0 Å². The van der Waals surface area contributed by atoms with E-state index in [1.165, 1.54) is 6.42 Å². The Morgan fingerprint density at radius 1 is 1.25 bits per heavy atom. The van der Waals surface area contributed by atoms with Gasteiger partial charge >= 0.3 is 66.0 Å². The Bertz CT molecular complexity index is 157. The molecule has 0 spiro atoms. The molecule has 0 bridgehead atoms. The maximum Gasteiger partial charge on any atom is -1.00 e. The molecule has 0 nitrogen and oxygen atoms in total. The zero-order chi connectivity index (χ0) is 6.69. The van der Waals surface area contributed by atoms with Gasteiger partial charge in [-0.2, -0.15) is 0 Å². The van der Waals surface area contributed by atoms with E-state index in [0.29, 0.717) is 0 Å². The van der Waals surface area contributed by atoms with E-state index in [2.05, 4.69) is 31.9 Å². The van der Waals surface area contributed by atoms with Crippen molar-refractivity contribution < 1.29 is 56.2 Å². The molecule has 1 aliphatic carbocycles. The van der Waals surface area contributed by atoms with Crippen molar-refractivity contribution in [1.29, 1.82) is 0 Å². The third kappa shape index (κ3) is 7.76. The molecule has 0 saturated heterocycles. The van der Waals surface area contributed by atoms with Crippen LogP contribution in [-0.4, -0.2) is 4.89 Å². The largest absolute Gasteiger partial charge is 1.00 e. The smallest absolute Gasteiger partial charge is 1.00 e. The van der Waals surface area contributed by atoms with Crippen LogP contribution in [0.5, 0.6) is 0 Å². The first-order valence-corrected chi connectivity index (χ1v) is 5.09. The van der Waals surface area contributed by atoms with Crippen molar-refractivity contribution >= 4 is 4.89 Å². The molecular weight excluding hydrogens is 249 g/mol. The zero-order valence-electron chi connectivity index (χ0n) is 7.15. The molecule has 1 rings (SSSR count). The first-order chi connectivity index (χ1) is 4.29. The molecule has 0 heterocycles. The fourth-order valence-corrected chi connectivity index (χ4v) is 2.75. The topological polar surface area (TPSA) is 0 Å². The van der Waals surface area contributed by atoms with Gasteiger partial charge in [-0.3, -0.25) is 0 Å². The van der Waals surface area contributed by atoms with Crippen molar-refractivity contribution in [2.45, 2.75) is 20.1 Å². The Morgan fingerprint density at radius 3 is 2.17 bits per heavy atom. The summed E-state index contributed by atoms with van der Waals surface area (Å²) < 4.78 is 1.71. The van der Waals surface area contributed by atoms with Crippen molar-refractivity contribution in [2.24, 2.45) is 0 Å². The normalized spacial score (nSPS) is 11.3. The molecule has 0 fully saturated rings. The van der Waals surface area contributed by atoms with Crippen LogP contribution in [0.3, 0.4) is 0 Å². The third-order valence-electron chi connectivity index (χ3n) is 1.25. The Labute approximate surface area is 103 Å². The van der Waals surface area contributed by atoms with Crippen LogP contribution in [0.1, 0.15) is 6.42 Å². The van der Waals surface area contributed by atoms with Crippen LogP contribution in [0, 0.1) is 0 Å². The second kappa shape index (κ2) is 10.2. The van der Waals surface area contributed by atoms with Crippen molar-refractivity contribution in [3.8, 4) is 0 Å². The molecular formula is C7H11BCl3Ti. The van der Waals surface area contributed by atoms with E-state index in [9.17, 15) is 0 Å². The molecule has 0 radical (unpaired) electrons. The molecule has 12 heavy (non-hydrogen) atoms. The van der Waals surface area contributed by atoms with Gasteiger partial charge in [-0.15, -0.1) is 0 Å². The quantitative estimate of drug-likeness (QED) is 0.433. The van der Waals surface area contributed by atoms with Crippen LogP contribution in [0.25, 0.3) is 0 Å². The van der Waals surface area contributed by atoms with E-state index in [-0.39, 0.29) is 56.2 Å². The Morgan fingerprint density at radius 2 is 1.83 bits per heavy atom. The summed E-state index contributed by atoms with van der Waals surface area (Å²) in [6.45, 7) is 4.64. The summed E-state index contributed by atoms with van der Waals surface area (Å²) in [6, 6.07) is 0. The molecule has 0 atom stereocenters. The van der Waals surface area contributed by atoms with Gasteiger partial charge in [0.2, 0.25) is 0 Å². The van der Waals surface area contributed by atoms with E-state index in [1.54, 1.807) is 3.88 Å². The summed E-state index contributed by atoms with van der Waals surface area (Å²) in [6.07, 6.45) is 7.97. The minimum atomic E-state index is 0. The zero-order valence-corrected chi connectivity index (χ0v) is 11.0. The van der Waals surface area contributed by atoms with Gasteiger partial charge in [-0.1, -0.05) is 0 Å². The molecule has 0 aromatic rings. The minimum Gasteiger partial charge on any atom is -1.00 e. The first kappa shape index (κ1) is 18.8. The average molecular weight is 260 g/mol. The Kier molecular flexibility index (Phi) is 16.0. The number of hydrogen-bond donors (Lipinski definition) is 0. The van der Waals surface area contributed by atoms with Crippen molar-refractivity contribution in [2.75, 3.05) is 0 Å². The second-order valence-corrected chi connectivity index (χ2v) is 5.88. The van der Waals surface area contributed by atoms with Gasteiger partial charge in [-0.05, 0) is 0 Å². The van der Waals surface area contributed by atoms with Gasteiger partial charge in [-0.25, -0.2) is 0 Å². The van der Waals surface area contributed by atoms with Crippen LogP contribution >= 0.6 is 0 Å². The maximum absolute atomic E-state index is 2.32. The van der Waals surface area contributed by atoms with E-state index in [1.807, 2.05) is 0 Å². The second-order valence-electron chi connectivity index (χ2n) is 2.62. The predicted octanol–water partition coefficient (Wildman–Crippen LogP) is -6.82. The summed E-state index contributed by atoms with van der Waals surface area (Å²) in [5.74, 6) is 0. The van der Waals surface area contributed by atoms with Crippen LogP contribution in [0.15, 0.2) is 22.1 Å². The van der Waals surface area contributed by atoms with E-state index in [4.69, 9.17) is 0 Å². The van der Waals surface area contributed by atoms with Gasteiger partial charge in [0.05, 0.1) is 0 Å². The Hall–Kier alpha value is 1.13. The molecule has 5 heteroatoms. The summed E-state index contributed by atoms with van der Waals surface area (Å²) >= 11 is 0.236. The summed E-state index contributed by atoms with van der Waals surface area (Å²) in [5.41, 5.74) is 0. The van der Waals surface area contributed by atoms with E-state index >= 15 is 0 Å². The SMILES string of the molecule is C[B](C)[Ti+3][C]1=CC=CC1.[Cl-].[Cl-].[Cl-]. The summed E-state index contributed by atoms with van der Waals surface area (Å²) in [4.78, 5) is 0.941. The van der Waals surface area contributed by atoms with Gasteiger partial charge in [0.15, 0.2) is 0 Å². The summed E-state index contributed by atoms with van der Waals surface area (Å²) in [5, 5.41) is 0. The van der Waals surface area contributed by atoms with Crippen LogP contribution in [0.2, 0.25) is 13.6 Å². The molecule has 0 saturated carbocycles. The fourth-order valence-electron chi connectivity index (χ4n) is 0.925. The molecule has 0 aliphatic heterocycles. The van der Waals surface area contributed by atoms with Crippen molar-refractivity contribution in [3.05, 3.63) is 22.1 Å². The minimum absolute atomic E-state index is 0. The van der Waals surface area contributed by atoms with Crippen molar-refractivity contribution in [3.63, 3.8) is 0 Å². The Balaban J connectivity index is -0.000000270. The third-order valence-corrected chi connectivity index (χ3v) is 3.30. The number of allylic oxidation sites excluding steroid dienone is 4. The molecule has 1 aliphatic rings. The van der Waals surface area contributed by atoms with Gasteiger partial charge in [0, 0.05) is 0 Å². The molecule has 0 N–H and O–H groups in total. The van der Waals surface area contributed by atoms with Gasteiger partial charge in [0.1, 0.15) is 0 Å². The monoisotopic (exact) mass is 259 g/mol. The van der Waals surface area contributed by atoms with E-state index < -0.39 is 0 Å². The number of hydrogen-bond acceptors (Lipinski definition) is 0.